The quantitative estimate of drug-likeness (QED) is 0.649. The smallest absolute Gasteiger partial charge is 0.382 e. The van der Waals surface area contributed by atoms with Crippen LogP contribution in [0.4, 0.5) is 32.2 Å². The largest absolute Gasteiger partial charge is 0.416 e. The average Bonchev–Trinajstić information content (AvgIpc) is 2.97. The molecule has 144 valence electrons. The van der Waals surface area contributed by atoms with E-state index in [1.807, 2.05) is 0 Å². The Morgan fingerprint density at radius 3 is 2.07 bits per heavy atom. The van der Waals surface area contributed by atoms with Crippen molar-refractivity contribution in [3.05, 3.63) is 59.3 Å². The lowest BCUT2D eigenvalue weighted by atomic mass is 10.1. The van der Waals surface area contributed by atoms with Crippen molar-refractivity contribution in [1.82, 2.24) is 14.8 Å². The molecular weight excluding hydrogens is 388 g/mol. The van der Waals surface area contributed by atoms with E-state index in [0.29, 0.717) is 6.07 Å². The van der Waals surface area contributed by atoms with Gasteiger partial charge in [-0.25, -0.2) is 4.98 Å². The van der Waals surface area contributed by atoms with E-state index in [4.69, 9.17) is 5.73 Å². The molecule has 2 heterocycles. The highest BCUT2D eigenvalue weighted by molar-refractivity contribution is 5.73. The number of nitrogens with two attached hydrogens (primary N) is 1. The molecule has 0 aliphatic rings. The van der Waals surface area contributed by atoms with E-state index in [0.717, 1.165) is 41.2 Å². The van der Waals surface area contributed by atoms with Gasteiger partial charge >= 0.3 is 12.4 Å². The summed E-state index contributed by atoms with van der Waals surface area (Å²) in [6, 6.07) is 7.00. The number of nitriles is 1. The standard InChI is InChI=1S/C17H9F6N5/c18-16(19,20)10-3-1-9(2-4-10)14-12(8-24)15(25)28(27-14)13-7-11(5-6-26-13)17(21,22)23/h1-7H,25H2. The molecule has 0 atom stereocenters. The van der Waals surface area contributed by atoms with Crippen LogP contribution in [0.5, 0.6) is 0 Å². The first kappa shape index (κ1) is 19.2. The lowest BCUT2D eigenvalue weighted by molar-refractivity contribution is -0.138. The number of hydrogen-bond donors (Lipinski definition) is 1. The number of nitrogens with zero attached hydrogens (tertiary/aromatic N) is 4. The summed E-state index contributed by atoms with van der Waals surface area (Å²) in [5, 5.41) is 13.3. The van der Waals surface area contributed by atoms with Gasteiger partial charge in [-0.3, -0.25) is 0 Å². The Labute approximate surface area is 153 Å². The normalized spacial score (nSPS) is 12.0. The van der Waals surface area contributed by atoms with Crippen molar-refractivity contribution in [2.75, 3.05) is 5.73 Å². The van der Waals surface area contributed by atoms with Gasteiger partial charge in [0.1, 0.15) is 23.1 Å². The number of pyridine rings is 1. The average molecular weight is 397 g/mol. The van der Waals surface area contributed by atoms with Gasteiger partial charge in [-0.1, -0.05) is 12.1 Å². The fourth-order valence-electron chi connectivity index (χ4n) is 2.45. The lowest BCUT2D eigenvalue weighted by Crippen LogP contribution is -2.09. The minimum absolute atomic E-state index is 0.0760. The summed E-state index contributed by atoms with van der Waals surface area (Å²) >= 11 is 0. The molecule has 0 amide bonds. The highest BCUT2D eigenvalue weighted by atomic mass is 19.4. The van der Waals surface area contributed by atoms with Crippen LogP contribution in [-0.4, -0.2) is 14.8 Å². The van der Waals surface area contributed by atoms with Gasteiger partial charge in [-0.2, -0.15) is 41.4 Å². The molecular formula is C17H9F6N5. The van der Waals surface area contributed by atoms with E-state index in [9.17, 15) is 31.6 Å². The number of anilines is 1. The molecule has 11 heteroatoms. The van der Waals surface area contributed by atoms with Crippen molar-refractivity contribution in [2.45, 2.75) is 12.4 Å². The highest BCUT2D eigenvalue weighted by Crippen LogP contribution is 2.34. The summed E-state index contributed by atoms with van der Waals surface area (Å²) < 4.78 is 77.6. The second-order valence-electron chi connectivity index (χ2n) is 5.61. The molecule has 3 rings (SSSR count). The lowest BCUT2D eigenvalue weighted by Gasteiger charge is -2.08. The zero-order valence-electron chi connectivity index (χ0n) is 13.7. The number of alkyl halides is 6. The van der Waals surface area contributed by atoms with Crippen molar-refractivity contribution in [3.8, 4) is 23.1 Å². The number of rotatable bonds is 2. The van der Waals surface area contributed by atoms with Crippen LogP contribution in [0.25, 0.3) is 17.1 Å². The fraction of sp³-hybridized carbons (Fsp3) is 0.118. The van der Waals surface area contributed by atoms with Crippen molar-refractivity contribution in [2.24, 2.45) is 0 Å². The molecule has 2 aromatic heterocycles. The van der Waals surface area contributed by atoms with Crippen molar-refractivity contribution < 1.29 is 26.3 Å². The first-order valence-corrected chi connectivity index (χ1v) is 7.52. The topological polar surface area (TPSA) is 80.5 Å². The molecule has 1 aromatic carbocycles. The summed E-state index contributed by atoms with van der Waals surface area (Å²) in [6.07, 6.45) is -8.27. The molecule has 3 aromatic rings. The van der Waals surface area contributed by atoms with Gasteiger partial charge in [-0.05, 0) is 24.3 Å². The van der Waals surface area contributed by atoms with Crippen molar-refractivity contribution in [3.63, 3.8) is 0 Å². The maximum atomic E-state index is 12.9. The van der Waals surface area contributed by atoms with Crippen LogP contribution in [-0.2, 0) is 12.4 Å². The van der Waals surface area contributed by atoms with E-state index < -0.39 is 23.5 Å². The summed E-state index contributed by atoms with van der Waals surface area (Å²) in [7, 11) is 0. The van der Waals surface area contributed by atoms with Gasteiger partial charge in [0.05, 0.1) is 11.1 Å². The number of benzene rings is 1. The number of hydrogen-bond acceptors (Lipinski definition) is 4. The molecule has 0 aliphatic heterocycles. The Morgan fingerprint density at radius 2 is 1.54 bits per heavy atom. The maximum Gasteiger partial charge on any atom is 0.416 e. The zero-order valence-corrected chi connectivity index (χ0v) is 13.7. The predicted molar refractivity (Wildman–Crippen MR) is 85.9 cm³/mol. The third-order valence-electron chi connectivity index (χ3n) is 3.81. The SMILES string of the molecule is N#Cc1c(-c2ccc(C(F)(F)F)cc2)nn(-c2cc(C(F)(F)F)ccn2)c1N. The zero-order chi connectivity index (χ0) is 20.7. The van der Waals surface area contributed by atoms with E-state index in [1.54, 1.807) is 6.07 Å². The molecule has 0 spiro atoms. The second-order valence-corrected chi connectivity index (χ2v) is 5.61. The van der Waals surface area contributed by atoms with Gasteiger partial charge in [0.25, 0.3) is 0 Å². The van der Waals surface area contributed by atoms with Crippen LogP contribution in [0.3, 0.4) is 0 Å². The van der Waals surface area contributed by atoms with Crippen LogP contribution in [0.15, 0.2) is 42.6 Å². The molecule has 28 heavy (non-hydrogen) atoms. The molecule has 0 radical (unpaired) electrons. The Bertz CT molecular complexity index is 1060. The molecule has 0 saturated carbocycles. The molecule has 0 saturated heterocycles. The van der Waals surface area contributed by atoms with Crippen molar-refractivity contribution >= 4 is 5.82 Å². The van der Waals surface area contributed by atoms with Gasteiger partial charge in [0.15, 0.2) is 5.82 Å². The van der Waals surface area contributed by atoms with Crippen LogP contribution in [0.2, 0.25) is 0 Å². The van der Waals surface area contributed by atoms with E-state index in [-0.39, 0.29) is 28.5 Å². The van der Waals surface area contributed by atoms with E-state index in [1.165, 1.54) is 0 Å². The molecule has 2 N–H and O–H groups in total. The molecule has 0 bridgehead atoms. The van der Waals surface area contributed by atoms with Gasteiger partial charge in [0.2, 0.25) is 0 Å². The Morgan fingerprint density at radius 1 is 0.929 bits per heavy atom. The molecule has 5 nitrogen and oxygen atoms in total. The van der Waals surface area contributed by atoms with Gasteiger partial charge in [-0.15, -0.1) is 0 Å². The van der Waals surface area contributed by atoms with E-state index in [2.05, 4.69) is 10.1 Å². The summed E-state index contributed by atoms with van der Waals surface area (Å²) in [6.45, 7) is 0. The molecule has 0 unspecified atom stereocenters. The Balaban J connectivity index is 2.11. The van der Waals surface area contributed by atoms with Crippen LogP contribution in [0.1, 0.15) is 16.7 Å². The fourth-order valence-corrected chi connectivity index (χ4v) is 2.45. The van der Waals surface area contributed by atoms with Crippen LogP contribution >= 0.6 is 0 Å². The molecule has 0 aliphatic carbocycles. The first-order valence-electron chi connectivity index (χ1n) is 7.52. The minimum Gasteiger partial charge on any atom is -0.382 e. The third kappa shape index (κ3) is 3.48. The van der Waals surface area contributed by atoms with Gasteiger partial charge < -0.3 is 5.73 Å². The Kier molecular flexibility index (Phi) is 4.50. The number of aromatic nitrogens is 3. The summed E-state index contributed by atoms with van der Waals surface area (Å²) in [5.74, 6) is -0.578. The maximum absolute atomic E-state index is 12.9. The molecule has 0 fully saturated rings. The number of halogens is 6. The second kappa shape index (κ2) is 6.56. The highest BCUT2D eigenvalue weighted by Gasteiger charge is 2.32. The minimum atomic E-state index is -4.63. The van der Waals surface area contributed by atoms with Gasteiger partial charge in [0, 0.05) is 11.8 Å². The van der Waals surface area contributed by atoms with Crippen LogP contribution < -0.4 is 5.73 Å². The van der Waals surface area contributed by atoms with E-state index >= 15 is 0 Å². The predicted octanol–water partition coefficient (Wildman–Crippen LogP) is 4.43. The number of nitrogen functional groups attached to an aromatic ring is 1. The first-order chi connectivity index (χ1) is 13.0. The summed E-state index contributed by atoms with van der Waals surface area (Å²) in [4.78, 5) is 3.78. The monoisotopic (exact) mass is 397 g/mol. The Hall–Kier alpha value is -3.55. The summed E-state index contributed by atoms with van der Waals surface area (Å²) in [5.41, 5.74) is 3.79. The third-order valence-corrected chi connectivity index (χ3v) is 3.81. The van der Waals surface area contributed by atoms with Crippen LogP contribution in [0, 0.1) is 11.3 Å². The van der Waals surface area contributed by atoms with Crippen molar-refractivity contribution in [1.29, 1.82) is 5.26 Å².